The number of benzene rings is 1. The Bertz CT molecular complexity index is 462. The van der Waals surface area contributed by atoms with Crippen LogP contribution in [0.15, 0.2) is 24.3 Å². The predicted octanol–water partition coefficient (Wildman–Crippen LogP) is 1.48. The molecule has 3 heteroatoms. The molecule has 0 unspecified atom stereocenters. The molecule has 1 aliphatic heterocycles. The van der Waals surface area contributed by atoms with Crippen LogP contribution in [0.1, 0.15) is 18.4 Å². The molecule has 1 aromatic carbocycles. The van der Waals surface area contributed by atoms with Crippen molar-refractivity contribution in [3.05, 3.63) is 29.8 Å². The fourth-order valence-corrected chi connectivity index (χ4v) is 2.12. The Morgan fingerprint density at radius 2 is 1.89 bits per heavy atom. The summed E-state index contributed by atoms with van der Waals surface area (Å²) in [4.78, 5) is 2.38. The second-order valence-electron chi connectivity index (χ2n) is 5.17. The summed E-state index contributed by atoms with van der Waals surface area (Å²) < 4.78 is 5.72. The molecule has 1 aliphatic carbocycles. The maximum absolute atomic E-state index is 5.72. The standard InChI is InChI=1S/C16H20N2O/c1(11-18-12-9-17-10-13-18)2-14-3-5-15(6-4-14)19-16-7-8-16/h3-6,16-17H,7-13H2. The fourth-order valence-electron chi connectivity index (χ4n) is 2.12. The van der Waals surface area contributed by atoms with Crippen molar-refractivity contribution in [3.63, 3.8) is 0 Å². The van der Waals surface area contributed by atoms with Gasteiger partial charge in [0, 0.05) is 31.7 Å². The van der Waals surface area contributed by atoms with Gasteiger partial charge in [0.05, 0.1) is 12.6 Å². The first kappa shape index (κ1) is 12.5. The summed E-state index contributed by atoms with van der Waals surface area (Å²) in [5.41, 5.74) is 1.07. The van der Waals surface area contributed by atoms with E-state index in [1.54, 1.807) is 0 Å². The Balaban J connectivity index is 1.51. The van der Waals surface area contributed by atoms with Gasteiger partial charge in [0.2, 0.25) is 0 Å². The Kier molecular flexibility index (Phi) is 4.02. The second-order valence-corrected chi connectivity index (χ2v) is 5.17. The zero-order valence-corrected chi connectivity index (χ0v) is 11.2. The fraction of sp³-hybridized carbons (Fsp3) is 0.500. The first-order chi connectivity index (χ1) is 9.40. The van der Waals surface area contributed by atoms with E-state index < -0.39 is 0 Å². The molecule has 19 heavy (non-hydrogen) atoms. The molecule has 2 aliphatic rings. The van der Waals surface area contributed by atoms with E-state index in [4.69, 9.17) is 4.74 Å². The summed E-state index contributed by atoms with van der Waals surface area (Å²) in [6, 6.07) is 8.13. The van der Waals surface area contributed by atoms with Crippen molar-refractivity contribution in [2.45, 2.75) is 18.9 Å². The quantitative estimate of drug-likeness (QED) is 0.829. The summed E-state index contributed by atoms with van der Waals surface area (Å²) in [6.45, 7) is 5.22. The van der Waals surface area contributed by atoms with Gasteiger partial charge in [0.1, 0.15) is 5.75 Å². The van der Waals surface area contributed by atoms with E-state index in [1.165, 1.54) is 12.8 Å². The van der Waals surface area contributed by atoms with Crippen LogP contribution in [0.25, 0.3) is 0 Å². The molecule has 1 saturated carbocycles. The first-order valence-corrected chi connectivity index (χ1v) is 7.09. The van der Waals surface area contributed by atoms with Gasteiger partial charge in [-0.25, -0.2) is 0 Å². The lowest BCUT2D eigenvalue weighted by Crippen LogP contribution is -2.43. The zero-order chi connectivity index (χ0) is 12.9. The molecule has 1 N–H and O–H groups in total. The average Bonchev–Trinajstić information content (AvgIpc) is 3.26. The number of rotatable bonds is 3. The van der Waals surface area contributed by atoms with Crippen LogP contribution in [0.4, 0.5) is 0 Å². The Hall–Kier alpha value is -1.50. The monoisotopic (exact) mass is 256 g/mol. The molecule has 1 saturated heterocycles. The highest BCUT2D eigenvalue weighted by Gasteiger charge is 2.23. The third-order valence-corrected chi connectivity index (χ3v) is 3.43. The van der Waals surface area contributed by atoms with E-state index in [2.05, 4.69) is 22.1 Å². The SMILES string of the molecule is C(#Cc1ccc(OC2CC2)cc1)CN1CCNCC1. The highest BCUT2D eigenvalue weighted by molar-refractivity contribution is 5.38. The van der Waals surface area contributed by atoms with Crippen molar-refractivity contribution in [2.75, 3.05) is 32.7 Å². The number of hydrogen-bond acceptors (Lipinski definition) is 3. The van der Waals surface area contributed by atoms with Gasteiger partial charge < -0.3 is 10.1 Å². The molecule has 3 rings (SSSR count). The van der Waals surface area contributed by atoms with Crippen molar-refractivity contribution < 1.29 is 4.74 Å². The number of nitrogens with one attached hydrogen (secondary N) is 1. The Labute approximate surface area is 114 Å². The van der Waals surface area contributed by atoms with Crippen molar-refractivity contribution in [3.8, 4) is 17.6 Å². The van der Waals surface area contributed by atoms with Crippen LogP contribution < -0.4 is 10.1 Å². The van der Waals surface area contributed by atoms with E-state index in [-0.39, 0.29) is 0 Å². The van der Waals surface area contributed by atoms with Crippen molar-refractivity contribution in [1.82, 2.24) is 10.2 Å². The van der Waals surface area contributed by atoms with Crippen molar-refractivity contribution >= 4 is 0 Å². The molecule has 100 valence electrons. The molecule has 0 aromatic heterocycles. The predicted molar refractivity (Wildman–Crippen MR) is 76.3 cm³/mol. The average molecular weight is 256 g/mol. The topological polar surface area (TPSA) is 24.5 Å². The summed E-state index contributed by atoms with van der Waals surface area (Å²) in [7, 11) is 0. The third kappa shape index (κ3) is 3.99. The number of nitrogens with zero attached hydrogens (tertiary/aromatic N) is 1. The zero-order valence-electron chi connectivity index (χ0n) is 11.2. The van der Waals surface area contributed by atoms with Gasteiger partial charge in [-0.3, -0.25) is 4.90 Å². The molecule has 0 spiro atoms. The lowest BCUT2D eigenvalue weighted by Gasteiger charge is -2.24. The summed E-state index contributed by atoms with van der Waals surface area (Å²) >= 11 is 0. The minimum Gasteiger partial charge on any atom is -0.490 e. The molecule has 0 atom stereocenters. The van der Waals surface area contributed by atoms with Gasteiger partial charge in [0.25, 0.3) is 0 Å². The summed E-state index contributed by atoms with van der Waals surface area (Å²) in [5.74, 6) is 7.44. The lowest BCUT2D eigenvalue weighted by atomic mass is 10.2. The number of piperazine rings is 1. The molecule has 0 amide bonds. The molecule has 0 radical (unpaired) electrons. The molecule has 1 aromatic rings. The molecule has 2 fully saturated rings. The van der Waals surface area contributed by atoms with Crippen LogP contribution in [0.3, 0.4) is 0 Å². The largest absolute Gasteiger partial charge is 0.490 e. The van der Waals surface area contributed by atoms with Crippen LogP contribution in [0.2, 0.25) is 0 Å². The van der Waals surface area contributed by atoms with Crippen LogP contribution in [-0.2, 0) is 0 Å². The number of ether oxygens (including phenoxy) is 1. The van der Waals surface area contributed by atoms with Gasteiger partial charge in [-0.15, -0.1) is 0 Å². The minimum absolute atomic E-state index is 0.463. The van der Waals surface area contributed by atoms with Crippen molar-refractivity contribution in [2.24, 2.45) is 0 Å². The molecule has 1 heterocycles. The van der Waals surface area contributed by atoms with Crippen LogP contribution >= 0.6 is 0 Å². The number of hydrogen-bond donors (Lipinski definition) is 1. The summed E-state index contributed by atoms with van der Waals surface area (Å²) in [6.07, 6.45) is 2.86. The highest BCUT2D eigenvalue weighted by atomic mass is 16.5. The van der Waals surface area contributed by atoms with Crippen LogP contribution in [0.5, 0.6) is 5.75 Å². The molecule has 0 bridgehead atoms. The van der Waals surface area contributed by atoms with Gasteiger partial charge in [-0.05, 0) is 37.1 Å². The first-order valence-electron chi connectivity index (χ1n) is 7.09. The lowest BCUT2D eigenvalue weighted by molar-refractivity contribution is 0.268. The van der Waals surface area contributed by atoms with E-state index >= 15 is 0 Å². The van der Waals surface area contributed by atoms with Gasteiger partial charge >= 0.3 is 0 Å². The van der Waals surface area contributed by atoms with Gasteiger partial charge in [0.15, 0.2) is 0 Å². The molecular weight excluding hydrogens is 236 g/mol. The van der Waals surface area contributed by atoms with Crippen LogP contribution in [0, 0.1) is 11.8 Å². The van der Waals surface area contributed by atoms with Gasteiger partial charge in [-0.2, -0.15) is 0 Å². The minimum atomic E-state index is 0.463. The van der Waals surface area contributed by atoms with E-state index in [0.717, 1.165) is 44.0 Å². The Morgan fingerprint density at radius 3 is 2.58 bits per heavy atom. The molecule has 3 nitrogen and oxygen atoms in total. The van der Waals surface area contributed by atoms with E-state index in [0.29, 0.717) is 6.10 Å². The van der Waals surface area contributed by atoms with Gasteiger partial charge in [-0.1, -0.05) is 11.8 Å². The van der Waals surface area contributed by atoms with E-state index in [9.17, 15) is 0 Å². The third-order valence-electron chi connectivity index (χ3n) is 3.43. The summed E-state index contributed by atoms with van der Waals surface area (Å²) in [5, 5.41) is 3.35. The maximum Gasteiger partial charge on any atom is 0.119 e. The van der Waals surface area contributed by atoms with Crippen LogP contribution in [-0.4, -0.2) is 43.7 Å². The smallest absolute Gasteiger partial charge is 0.119 e. The maximum atomic E-state index is 5.72. The Morgan fingerprint density at radius 1 is 1.16 bits per heavy atom. The highest BCUT2D eigenvalue weighted by Crippen LogP contribution is 2.26. The normalized spacial score (nSPS) is 19.6. The van der Waals surface area contributed by atoms with Crippen molar-refractivity contribution in [1.29, 1.82) is 0 Å². The molecular formula is C16H20N2O. The second kappa shape index (κ2) is 6.10. The van der Waals surface area contributed by atoms with E-state index in [1.807, 2.05) is 24.3 Å².